The van der Waals surface area contributed by atoms with Crippen LogP contribution in [-0.2, 0) is 0 Å². The molecule has 1 saturated heterocycles. The molecule has 1 heteroatoms. The molecule has 65 valence electrons. The third-order valence-corrected chi connectivity index (χ3v) is 11.8. The standard InChI is InChI=1S/C10H21Ge/c1-9-6-5-7-11(8-9)10(2,3)4/h9H,5-8H2,1-4H3. The SMILES string of the molecule is CC1CC[CH2][Ge]([C](C)(C)C)[CH2]1. The van der Waals surface area contributed by atoms with Crippen LogP contribution in [-0.4, -0.2) is 14.3 Å². The van der Waals surface area contributed by atoms with Gasteiger partial charge in [-0.15, -0.1) is 0 Å². The van der Waals surface area contributed by atoms with Gasteiger partial charge in [-0.05, 0) is 0 Å². The van der Waals surface area contributed by atoms with Crippen molar-refractivity contribution in [3.05, 3.63) is 0 Å². The zero-order valence-electron chi connectivity index (χ0n) is 8.41. The molecule has 1 heterocycles. The maximum absolute atomic E-state index is 2.46. The molecule has 1 atom stereocenters. The molecule has 0 aromatic rings. The Morgan fingerprint density at radius 1 is 1.27 bits per heavy atom. The summed E-state index contributed by atoms with van der Waals surface area (Å²) in [4.78, 5) is 0. The van der Waals surface area contributed by atoms with E-state index in [-0.39, 0.29) is 0 Å². The van der Waals surface area contributed by atoms with Gasteiger partial charge >= 0.3 is 75.6 Å². The Morgan fingerprint density at radius 2 is 1.91 bits per heavy atom. The van der Waals surface area contributed by atoms with Gasteiger partial charge in [0.25, 0.3) is 0 Å². The van der Waals surface area contributed by atoms with E-state index in [9.17, 15) is 0 Å². The molecule has 0 aromatic carbocycles. The van der Waals surface area contributed by atoms with Gasteiger partial charge in [0.2, 0.25) is 0 Å². The molecule has 0 bridgehead atoms. The van der Waals surface area contributed by atoms with Crippen LogP contribution in [0, 0.1) is 5.92 Å². The van der Waals surface area contributed by atoms with Crippen LogP contribution in [0.5, 0.6) is 0 Å². The summed E-state index contributed by atoms with van der Waals surface area (Å²) in [6.45, 7) is 9.82. The van der Waals surface area contributed by atoms with Gasteiger partial charge in [0.15, 0.2) is 0 Å². The van der Waals surface area contributed by atoms with E-state index in [0.29, 0.717) is 4.25 Å². The van der Waals surface area contributed by atoms with Crippen molar-refractivity contribution >= 4 is 14.3 Å². The molecule has 0 aromatic heterocycles. The molecule has 0 nitrogen and oxygen atoms in total. The number of hydrogen-bond acceptors (Lipinski definition) is 0. The first-order valence-corrected chi connectivity index (χ1v) is 8.87. The van der Waals surface area contributed by atoms with E-state index in [1.807, 2.05) is 0 Å². The number of hydrogen-bond donors (Lipinski definition) is 0. The molecule has 1 radical (unpaired) electrons. The monoisotopic (exact) mass is 215 g/mol. The average Bonchev–Trinajstić information content (AvgIpc) is 1.86. The Hall–Kier alpha value is 0.543. The molecule has 0 aliphatic carbocycles. The Bertz CT molecular complexity index is 123. The molecule has 1 aliphatic rings. The van der Waals surface area contributed by atoms with Crippen LogP contribution >= 0.6 is 0 Å². The fourth-order valence-electron chi connectivity index (χ4n) is 1.97. The van der Waals surface area contributed by atoms with E-state index in [1.54, 1.807) is 10.5 Å². The number of rotatable bonds is 0. The molecular formula is C10H21Ge. The third-order valence-electron chi connectivity index (χ3n) is 2.83. The first-order valence-electron chi connectivity index (χ1n) is 4.85. The fraction of sp³-hybridized carbons (Fsp3) is 1.00. The molecule has 0 N–H and O–H groups in total. The predicted octanol–water partition coefficient (Wildman–Crippen LogP) is 3.71. The van der Waals surface area contributed by atoms with E-state index >= 15 is 0 Å². The second-order valence-corrected chi connectivity index (χ2v) is 12.6. The summed E-state index contributed by atoms with van der Waals surface area (Å²) in [7, 11) is 0. The van der Waals surface area contributed by atoms with Gasteiger partial charge in [-0.2, -0.15) is 0 Å². The minimum absolute atomic E-state index is 0.642. The fourth-order valence-corrected chi connectivity index (χ4v) is 8.77. The molecule has 0 amide bonds. The van der Waals surface area contributed by atoms with Crippen molar-refractivity contribution in [1.82, 2.24) is 0 Å². The van der Waals surface area contributed by atoms with Crippen LogP contribution in [0.25, 0.3) is 0 Å². The molecular weight excluding hydrogens is 193 g/mol. The van der Waals surface area contributed by atoms with Crippen LogP contribution < -0.4 is 0 Å². The normalized spacial score (nSPS) is 28.9. The van der Waals surface area contributed by atoms with Gasteiger partial charge in [-0.1, -0.05) is 0 Å². The van der Waals surface area contributed by atoms with Crippen molar-refractivity contribution in [3.63, 3.8) is 0 Å². The zero-order valence-corrected chi connectivity index (χ0v) is 10.5. The van der Waals surface area contributed by atoms with Gasteiger partial charge in [0, 0.05) is 0 Å². The van der Waals surface area contributed by atoms with Crippen LogP contribution in [0.4, 0.5) is 0 Å². The Labute approximate surface area is 75.9 Å². The quantitative estimate of drug-likeness (QED) is 0.539. The van der Waals surface area contributed by atoms with Crippen molar-refractivity contribution in [1.29, 1.82) is 0 Å². The van der Waals surface area contributed by atoms with Gasteiger partial charge in [0.05, 0.1) is 0 Å². The van der Waals surface area contributed by atoms with E-state index < -0.39 is 14.3 Å². The summed E-state index contributed by atoms with van der Waals surface area (Å²) in [5.74, 6) is 1.05. The molecule has 11 heavy (non-hydrogen) atoms. The van der Waals surface area contributed by atoms with Crippen molar-refractivity contribution in [2.24, 2.45) is 5.92 Å². The maximum atomic E-state index is 2.46. The topological polar surface area (TPSA) is 0 Å². The third kappa shape index (κ3) is 2.81. The summed E-state index contributed by atoms with van der Waals surface area (Å²) in [5.41, 5.74) is 0. The molecule has 1 unspecified atom stereocenters. The molecule has 0 spiro atoms. The van der Waals surface area contributed by atoms with Gasteiger partial charge in [0.1, 0.15) is 0 Å². The van der Waals surface area contributed by atoms with E-state index in [4.69, 9.17) is 0 Å². The van der Waals surface area contributed by atoms with E-state index in [1.165, 1.54) is 12.8 Å². The Morgan fingerprint density at radius 3 is 2.27 bits per heavy atom. The Kier molecular flexibility index (Phi) is 3.07. The second kappa shape index (κ2) is 3.51. The molecule has 1 aliphatic heterocycles. The van der Waals surface area contributed by atoms with Gasteiger partial charge < -0.3 is 0 Å². The minimum atomic E-state index is -0.642. The second-order valence-electron chi connectivity index (χ2n) is 5.06. The van der Waals surface area contributed by atoms with Crippen LogP contribution in [0.1, 0.15) is 40.5 Å². The van der Waals surface area contributed by atoms with Crippen molar-refractivity contribution in [3.8, 4) is 0 Å². The van der Waals surface area contributed by atoms with Crippen LogP contribution in [0.2, 0.25) is 14.8 Å². The van der Waals surface area contributed by atoms with Crippen molar-refractivity contribution in [2.75, 3.05) is 0 Å². The van der Waals surface area contributed by atoms with Crippen LogP contribution in [0.15, 0.2) is 0 Å². The summed E-state index contributed by atoms with van der Waals surface area (Å²) in [6, 6.07) is 0. The molecule has 0 saturated carbocycles. The van der Waals surface area contributed by atoms with E-state index in [2.05, 4.69) is 27.7 Å². The van der Waals surface area contributed by atoms with Gasteiger partial charge in [-0.25, -0.2) is 0 Å². The Balaban J connectivity index is 2.46. The van der Waals surface area contributed by atoms with Crippen molar-refractivity contribution in [2.45, 2.75) is 55.3 Å². The average molecular weight is 214 g/mol. The summed E-state index contributed by atoms with van der Waals surface area (Å²) < 4.78 is 0.717. The molecule has 1 rings (SSSR count). The predicted molar refractivity (Wildman–Crippen MR) is 53.5 cm³/mol. The van der Waals surface area contributed by atoms with E-state index in [0.717, 1.165) is 5.92 Å². The zero-order chi connectivity index (χ0) is 8.48. The summed E-state index contributed by atoms with van der Waals surface area (Å²) in [6.07, 6.45) is 3.04. The summed E-state index contributed by atoms with van der Waals surface area (Å²) >= 11 is -0.642. The van der Waals surface area contributed by atoms with Crippen molar-refractivity contribution < 1.29 is 0 Å². The first kappa shape index (κ1) is 9.63. The van der Waals surface area contributed by atoms with Gasteiger partial charge in [-0.3, -0.25) is 0 Å². The van der Waals surface area contributed by atoms with Crippen LogP contribution in [0.3, 0.4) is 0 Å². The first-order chi connectivity index (χ1) is 5.00. The summed E-state index contributed by atoms with van der Waals surface area (Å²) in [5, 5.41) is 3.26. The molecule has 1 fully saturated rings.